The summed E-state index contributed by atoms with van der Waals surface area (Å²) in [5, 5.41) is 2.84. The Balaban J connectivity index is 1.35. The summed E-state index contributed by atoms with van der Waals surface area (Å²) in [7, 11) is 1.95. The van der Waals surface area contributed by atoms with Gasteiger partial charge in [0.25, 0.3) is 5.91 Å². The van der Waals surface area contributed by atoms with Crippen LogP contribution in [0.2, 0.25) is 0 Å². The quantitative estimate of drug-likeness (QED) is 0.723. The van der Waals surface area contributed by atoms with Gasteiger partial charge in [0, 0.05) is 32.2 Å². The van der Waals surface area contributed by atoms with E-state index in [0.29, 0.717) is 43.3 Å². The van der Waals surface area contributed by atoms with Crippen LogP contribution < -0.4 is 19.9 Å². The van der Waals surface area contributed by atoms with E-state index in [1.165, 1.54) is 0 Å². The van der Waals surface area contributed by atoms with Gasteiger partial charge in [-0.05, 0) is 42.3 Å². The van der Waals surface area contributed by atoms with Gasteiger partial charge in [-0.25, -0.2) is 9.97 Å². The van der Waals surface area contributed by atoms with E-state index >= 15 is 0 Å². The Morgan fingerprint density at radius 2 is 1.83 bits per heavy atom. The van der Waals surface area contributed by atoms with Crippen LogP contribution in [0.5, 0.6) is 5.75 Å². The number of hydrogen-bond acceptors (Lipinski definition) is 6. The normalized spacial score (nSPS) is 15.4. The summed E-state index contributed by atoms with van der Waals surface area (Å²) < 4.78 is 5.78. The Morgan fingerprint density at radius 1 is 1.07 bits per heavy atom. The highest BCUT2D eigenvalue weighted by atomic mass is 16.5. The first-order chi connectivity index (χ1) is 14.6. The number of ether oxygens (including phenoxy) is 1. The Labute approximate surface area is 173 Å². The van der Waals surface area contributed by atoms with Crippen LogP contribution in [-0.4, -0.2) is 48.5 Å². The fraction of sp³-hybridized carbons (Fsp3) is 0.273. The van der Waals surface area contributed by atoms with E-state index in [0.717, 1.165) is 22.3 Å². The van der Waals surface area contributed by atoms with Crippen LogP contribution in [0.4, 0.5) is 17.3 Å². The van der Waals surface area contributed by atoms with E-state index in [2.05, 4.69) is 5.32 Å². The maximum atomic E-state index is 13.0. The molecule has 152 valence electrons. The molecule has 0 saturated carbocycles. The molecule has 30 heavy (non-hydrogen) atoms. The minimum absolute atomic E-state index is 0.0220. The molecule has 0 atom stereocenters. The number of rotatable bonds is 3. The van der Waals surface area contributed by atoms with Crippen molar-refractivity contribution in [2.75, 3.05) is 41.9 Å². The van der Waals surface area contributed by atoms with Gasteiger partial charge in [-0.3, -0.25) is 14.5 Å². The van der Waals surface area contributed by atoms with E-state index in [4.69, 9.17) is 14.7 Å². The van der Waals surface area contributed by atoms with E-state index < -0.39 is 0 Å². The van der Waals surface area contributed by atoms with Crippen molar-refractivity contribution in [3.05, 3.63) is 48.0 Å². The van der Waals surface area contributed by atoms with Gasteiger partial charge in [0.1, 0.15) is 5.75 Å². The van der Waals surface area contributed by atoms with Crippen molar-refractivity contribution in [1.82, 2.24) is 9.97 Å². The molecule has 1 N–H and O–H groups in total. The van der Waals surface area contributed by atoms with Gasteiger partial charge in [0.05, 0.1) is 11.0 Å². The number of nitrogens with zero attached hydrogens (tertiary/aromatic N) is 4. The fourth-order valence-corrected chi connectivity index (χ4v) is 3.80. The van der Waals surface area contributed by atoms with Crippen molar-refractivity contribution in [3.63, 3.8) is 0 Å². The molecule has 2 aliphatic rings. The zero-order valence-electron chi connectivity index (χ0n) is 16.6. The molecule has 5 rings (SSSR count). The first-order valence-electron chi connectivity index (χ1n) is 9.92. The van der Waals surface area contributed by atoms with Crippen molar-refractivity contribution >= 4 is 40.2 Å². The van der Waals surface area contributed by atoms with Crippen LogP contribution in [0.1, 0.15) is 12.0 Å². The molecule has 0 spiro atoms. The predicted octanol–water partition coefficient (Wildman–Crippen LogP) is 2.38. The maximum absolute atomic E-state index is 13.0. The highest BCUT2D eigenvalue weighted by Crippen LogP contribution is 2.31. The van der Waals surface area contributed by atoms with E-state index in [1.54, 1.807) is 11.0 Å². The lowest BCUT2D eigenvalue weighted by Crippen LogP contribution is -2.45. The van der Waals surface area contributed by atoms with E-state index in [9.17, 15) is 9.59 Å². The molecule has 2 amide bonds. The topological polar surface area (TPSA) is 87.7 Å². The van der Waals surface area contributed by atoms with E-state index in [-0.39, 0.29) is 18.4 Å². The van der Waals surface area contributed by atoms with Crippen LogP contribution >= 0.6 is 0 Å². The van der Waals surface area contributed by atoms with Gasteiger partial charge < -0.3 is 15.0 Å². The summed E-state index contributed by atoms with van der Waals surface area (Å²) in [6, 6.07) is 13.1. The average Bonchev–Trinajstić information content (AvgIpc) is 2.76. The Morgan fingerprint density at radius 3 is 2.63 bits per heavy atom. The molecular formula is C22H21N5O3. The number of anilines is 3. The number of benzene rings is 2. The zero-order valence-corrected chi connectivity index (χ0v) is 16.6. The van der Waals surface area contributed by atoms with E-state index in [1.807, 2.05) is 48.3 Å². The lowest BCUT2D eigenvalue weighted by atomic mass is 10.0. The van der Waals surface area contributed by atoms with Gasteiger partial charge in [0.15, 0.2) is 18.2 Å². The van der Waals surface area contributed by atoms with Gasteiger partial charge in [-0.1, -0.05) is 12.1 Å². The first kappa shape index (κ1) is 18.4. The summed E-state index contributed by atoms with van der Waals surface area (Å²) in [6.07, 6.45) is 1.13. The second-order valence-corrected chi connectivity index (χ2v) is 7.48. The first-order valence-corrected chi connectivity index (χ1v) is 9.92. The Kier molecular flexibility index (Phi) is 4.46. The molecule has 0 saturated heterocycles. The molecule has 2 aromatic carbocycles. The van der Waals surface area contributed by atoms with Crippen LogP contribution in [0, 0.1) is 0 Å². The molecule has 1 aromatic heterocycles. The lowest BCUT2D eigenvalue weighted by Gasteiger charge is -2.33. The number of carbonyl (C=O) groups is 2. The number of fused-ring (bicyclic) bond motifs is 3. The Hall–Kier alpha value is -3.68. The molecule has 3 heterocycles. The third-order valence-corrected chi connectivity index (χ3v) is 5.45. The van der Waals surface area contributed by atoms with Crippen molar-refractivity contribution in [2.45, 2.75) is 12.8 Å². The van der Waals surface area contributed by atoms with Crippen molar-refractivity contribution in [2.24, 2.45) is 0 Å². The smallest absolute Gasteiger partial charge is 0.266 e. The van der Waals surface area contributed by atoms with Gasteiger partial charge >= 0.3 is 0 Å². The van der Waals surface area contributed by atoms with Crippen molar-refractivity contribution in [3.8, 4) is 5.75 Å². The molecule has 3 aromatic rings. The van der Waals surface area contributed by atoms with Gasteiger partial charge in [-0.15, -0.1) is 0 Å². The molecule has 0 fully saturated rings. The maximum Gasteiger partial charge on any atom is 0.266 e. The SMILES string of the molecule is CN1CCN(C(=O)COc2ccc3c(c2)CCC(=O)N3)c2nc3ccccc3nc21. The highest BCUT2D eigenvalue weighted by Gasteiger charge is 2.28. The summed E-state index contributed by atoms with van der Waals surface area (Å²) in [5.41, 5.74) is 3.37. The number of nitrogens with one attached hydrogen (secondary N) is 1. The average molecular weight is 403 g/mol. The van der Waals surface area contributed by atoms with Crippen molar-refractivity contribution < 1.29 is 14.3 Å². The molecule has 0 unspecified atom stereocenters. The zero-order chi connectivity index (χ0) is 20.7. The second kappa shape index (κ2) is 7.29. The third kappa shape index (κ3) is 3.30. The molecule has 0 bridgehead atoms. The predicted molar refractivity (Wildman–Crippen MR) is 114 cm³/mol. The van der Waals surface area contributed by atoms with Crippen LogP contribution in [0.3, 0.4) is 0 Å². The van der Waals surface area contributed by atoms with Gasteiger partial charge in [0.2, 0.25) is 5.91 Å². The van der Waals surface area contributed by atoms with Gasteiger partial charge in [-0.2, -0.15) is 0 Å². The summed E-state index contributed by atoms with van der Waals surface area (Å²) in [4.78, 5) is 37.5. The lowest BCUT2D eigenvalue weighted by molar-refractivity contribution is -0.120. The summed E-state index contributed by atoms with van der Waals surface area (Å²) in [6.45, 7) is 1.10. The van der Waals surface area contributed by atoms with Crippen molar-refractivity contribution in [1.29, 1.82) is 0 Å². The number of likely N-dealkylation sites (N-methyl/N-ethyl adjacent to an activating group) is 1. The molecule has 8 nitrogen and oxygen atoms in total. The third-order valence-electron chi connectivity index (χ3n) is 5.45. The molecule has 8 heteroatoms. The standard InChI is InChI=1S/C22H21N5O3/c1-26-10-11-27(22-21(26)24-17-4-2-3-5-18(17)25-22)20(29)13-30-15-7-8-16-14(12-15)6-9-19(28)23-16/h2-5,7-8,12H,6,9-11,13H2,1H3,(H,23,28). The molecule has 0 aliphatic carbocycles. The van der Waals surface area contributed by atoms with Crippen LogP contribution in [0.15, 0.2) is 42.5 Å². The number of aromatic nitrogens is 2. The molecule has 2 aliphatic heterocycles. The second-order valence-electron chi connectivity index (χ2n) is 7.48. The van der Waals surface area contributed by atoms with Crippen LogP contribution in [-0.2, 0) is 16.0 Å². The minimum Gasteiger partial charge on any atom is -0.484 e. The fourth-order valence-electron chi connectivity index (χ4n) is 3.80. The molecular weight excluding hydrogens is 382 g/mol. The largest absolute Gasteiger partial charge is 0.484 e. The summed E-state index contributed by atoms with van der Waals surface area (Å²) >= 11 is 0. The monoisotopic (exact) mass is 403 g/mol. The number of hydrogen-bond donors (Lipinski definition) is 1. The number of amides is 2. The summed E-state index contributed by atoms with van der Waals surface area (Å²) in [5.74, 6) is 1.72. The minimum atomic E-state index is -0.167. The molecule has 0 radical (unpaired) electrons. The number of carbonyl (C=O) groups excluding carboxylic acids is 2. The number of para-hydroxylation sites is 2. The highest BCUT2D eigenvalue weighted by molar-refractivity contribution is 5.98. The Bertz CT molecular complexity index is 1160. The number of aryl methyl sites for hydroxylation is 1. The van der Waals surface area contributed by atoms with Crippen LogP contribution in [0.25, 0.3) is 11.0 Å².